The van der Waals surface area contributed by atoms with Gasteiger partial charge >= 0.3 is 5.97 Å². The lowest BCUT2D eigenvalue weighted by molar-refractivity contribution is -0.142. The third-order valence-electron chi connectivity index (χ3n) is 2.83. The maximum absolute atomic E-state index is 11.5. The van der Waals surface area contributed by atoms with Crippen LogP contribution in [0.2, 0.25) is 0 Å². The zero-order valence-electron chi connectivity index (χ0n) is 10.9. The molecule has 0 N–H and O–H groups in total. The molecule has 0 radical (unpaired) electrons. The van der Waals surface area contributed by atoms with Crippen molar-refractivity contribution in [2.24, 2.45) is 0 Å². The molecule has 0 saturated carbocycles. The van der Waals surface area contributed by atoms with Gasteiger partial charge in [-0.3, -0.25) is 4.79 Å². The van der Waals surface area contributed by atoms with E-state index in [0.717, 1.165) is 12.0 Å². The first-order chi connectivity index (χ1) is 8.10. The van der Waals surface area contributed by atoms with Crippen molar-refractivity contribution in [3.8, 4) is 0 Å². The van der Waals surface area contributed by atoms with E-state index in [4.69, 9.17) is 9.53 Å². The van der Waals surface area contributed by atoms with Crippen molar-refractivity contribution >= 4 is 12.8 Å². The first-order valence-electron chi connectivity index (χ1n) is 5.54. The summed E-state index contributed by atoms with van der Waals surface area (Å²) in [5.41, 5.74) is 3.51. The average Bonchev–Trinajstić information content (AvgIpc) is 2.36. The predicted octanol–water partition coefficient (Wildman–Crippen LogP) is 2.79. The Bertz CT molecular complexity index is 372. The van der Waals surface area contributed by atoms with Gasteiger partial charge in [0.2, 0.25) is 0 Å². The minimum Gasteiger partial charge on any atom is -0.469 e. The Balaban J connectivity index is 0.00000121. The molecule has 0 aliphatic carbocycles. The van der Waals surface area contributed by atoms with Crippen LogP contribution in [-0.4, -0.2) is 19.9 Å². The largest absolute Gasteiger partial charge is 0.469 e. The molecule has 0 heterocycles. The topological polar surface area (TPSA) is 43.4 Å². The SMILES string of the molecule is C=O.CCC(C(=O)OC)c1ccc(C)c(C)c1. The van der Waals surface area contributed by atoms with E-state index < -0.39 is 0 Å². The van der Waals surface area contributed by atoms with E-state index in [0.29, 0.717) is 0 Å². The molecule has 17 heavy (non-hydrogen) atoms. The zero-order valence-corrected chi connectivity index (χ0v) is 10.9. The standard InChI is InChI=1S/C13H18O2.CH2O/c1-5-12(13(14)15-4)11-7-6-9(2)10(3)8-11;1-2/h6-8,12H,5H2,1-4H3;1H2. The van der Waals surface area contributed by atoms with Crippen LogP contribution in [0.4, 0.5) is 0 Å². The molecule has 1 aromatic rings. The fourth-order valence-corrected chi connectivity index (χ4v) is 1.66. The molecule has 0 amide bonds. The molecule has 1 rings (SSSR count). The molecule has 0 spiro atoms. The molecule has 0 saturated heterocycles. The lowest BCUT2D eigenvalue weighted by Gasteiger charge is -2.14. The highest BCUT2D eigenvalue weighted by Gasteiger charge is 2.19. The molecule has 1 atom stereocenters. The lowest BCUT2D eigenvalue weighted by Crippen LogP contribution is -2.13. The van der Waals surface area contributed by atoms with Gasteiger partial charge in [-0.2, -0.15) is 0 Å². The van der Waals surface area contributed by atoms with Crippen molar-refractivity contribution in [1.29, 1.82) is 0 Å². The minimum atomic E-state index is -0.152. The summed E-state index contributed by atoms with van der Waals surface area (Å²) in [6, 6.07) is 6.13. The summed E-state index contributed by atoms with van der Waals surface area (Å²) in [7, 11) is 1.44. The molecule has 3 nitrogen and oxygen atoms in total. The van der Waals surface area contributed by atoms with Crippen LogP contribution < -0.4 is 0 Å². The number of carbonyl (C=O) groups is 2. The first kappa shape index (κ1) is 15.4. The fraction of sp³-hybridized carbons (Fsp3) is 0.429. The smallest absolute Gasteiger partial charge is 0.313 e. The second-order valence-electron chi connectivity index (χ2n) is 3.83. The van der Waals surface area contributed by atoms with Gasteiger partial charge in [-0.05, 0) is 37.0 Å². The monoisotopic (exact) mass is 236 g/mol. The number of methoxy groups -OCH3 is 1. The summed E-state index contributed by atoms with van der Waals surface area (Å²) < 4.78 is 4.79. The van der Waals surface area contributed by atoms with Crippen LogP contribution in [0.25, 0.3) is 0 Å². The van der Waals surface area contributed by atoms with Gasteiger partial charge in [0.25, 0.3) is 0 Å². The van der Waals surface area contributed by atoms with Gasteiger partial charge in [0.1, 0.15) is 6.79 Å². The van der Waals surface area contributed by atoms with Crippen LogP contribution in [0.3, 0.4) is 0 Å². The number of hydrogen-bond donors (Lipinski definition) is 0. The van der Waals surface area contributed by atoms with Crippen LogP contribution in [0.5, 0.6) is 0 Å². The molecule has 0 bridgehead atoms. The molecule has 3 heteroatoms. The van der Waals surface area contributed by atoms with Gasteiger partial charge in [-0.15, -0.1) is 0 Å². The third kappa shape index (κ3) is 4.02. The molecule has 0 aliphatic heterocycles. The van der Waals surface area contributed by atoms with Crippen LogP contribution in [0.1, 0.15) is 36.0 Å². The highest BCUT2D eigenvalue weighted by Crippen LogP contribution is 2.23. The van der Waals surface area contributed by atoms with E-state index in [2.05, 4.69) is 26.0 Å². The zero-order chi connectivity index (χ0) is 13.4. The Labute approximate surface area is 103 Å². The van der Waals surface area contributed by atoms with Crippen molar-refractivity contribution in [1.82, 2.24) is 0 Å². The third-order valence-corrected chi connectivity index (χ3v) is 2.83. The Morgan fingerprint density at radius 3 is 2.29 bits per heavy atom. The van der Waals surface area contributed by atoms with Crippen LogP contribution in [-0.2, 0) is 14.3 Å². The molecule has 0 aliphatic rings. The number of esters is 1. The maximum Gasteiger partial charge on any atom is 0.313 e. The van der Waals surface area contributed by atoms with Crippen LogP contribution in [0.15, 0.2) is 18.2 Å². The summed E-state index contributed by atoms with van der Waals surface area (Å²) in [4.78, 5) is 19.5. The number of aryl methyl sites for hydroxylation is 2. The lowest BCUT2D eigenvalue weighted by atomic mass is 9.94. The second kappa shape index (κ2) is 7.60. The van der Waals surface area contributed by atoms with Gasteiger partial charge < -0.3 is 9.53 Å². The van der Waals surface area contributed by atoms with E-state index in [1.54, 1.807) is 0 Å². The van der Waals surface area contributed by atoms with Gasteiger partial charge in [-0.1, -0.05) is 25.1 Å². The van der Waals surface area contributed by atoms with Crippen molar-refractivity contribution in [3.05, 3.63) is 34.9 Å². The summed E-state index contributed by atoms with van der Waals surface area (Å²) >= 11 is 0. The Morgan fingerprint density at radius 2 is 1.88 bits per heavy atom. The summed E-state index contributed by atoms with van der Waals surface area (Å²) in [6.07, 6.45) is 0.773. The van der Waals surface area contributed by atoms with Gasteiger partial charge in [0.05, 0.1) is 13.0 Å². The van der Waals surface area contributed by atoms with Crippen molar-refractivity contribution in [3.63, 3.8) is 0 Å². The first-order valence-corrected chi connectivity index (χ1v) is 5.54. The quantitative estimate of drug-likeness (QED) is 0.758. The molecule has 0 fully saturated rings. The molecule has 1 unspecified atom stereocenters. The van der Waals surface area contributed by atoms with Gasteiger partial charge in [0.15, 0.2) is 0 Å². The Kier molecular flexibility index (Phi) is 6.87. The number of hydrogen-bond acceptors (Lipinski definition) is 3. The summed E-state index contributed by atoms with van der Waals surface area (Å²) in [5, 5.41) is 0. The molecule has 94 valence electrons. The molecular formula is C14H20O3. The fourth-order valence-electron chi connectivity index (χ4n) is 1.66. The number of carbonyl (C=O) groups excluding carboxylic acids is 2. The van der Waals surface area contributed by atoms with Crippen molar-refractivity contribution in [2.45, 2.75) is 33.1 Å². The van der Waals surface area contributed by atoms with Crippen molar-refractivity contribution in [2.75, 3.05) is 7.11 Å². The van der Waals surface area contributed by atoms with Gasteiger partial charge in [-0.25, -0.2) is 0 Å². The molecule has 1 aromatic carbocycles. The predicted molar refractivity (Wildman–Crippen MR) is 68.1 cm³/mol. The average molecular weight is 236 g/mol. The second-order valence-corrected chi connectivity index (χ2v) is 3.83. The van der Waals surface area contributed by atoms with E-state index in [-0.39, 0.29) is 11.9 Å². The minimum absolute atomic E-state index is 0.130. The van der Waals surface area contributed by atoms with Crippen molar-refractivity contribution < 1.29 is 14.3 Å². The van der Waals surface area contributed by atoms with E-state index in [1.807, 2.05) is 19.8 Å². The van der Waals surface area contributed by atoms with E-state index in [9.17, 15) is 4.79 Å². The maximum atomic E-state index is 11.5. The van der Waals surface area contributed by atoms with E-state index in [1.165, 1.54) is 18.2 Å². The number of ether oxygens (including phenoxy) is 1. The van der Waals surface area contributed by atoms with Crippen LogP contribution >= 0.6 is 0 Å². The van der Waals surface area contributed by atoms with E-state index >= 15 is 0 Å². The van der Waals surface area contributed by atoms with Gasteiger partial charge in [0, 0.05) is 0 Å². The summed E-state index contributed by atoms with van der Waals surface area (Å²) in [6.45, 7) is 8.12. The van der Waals surface area contributed by atoms with Crippen LogP contribution in [0, 0.1) is 13.8 Å². The Hall–Kier alpha value is -1.64. The molecular weight excluding hydrogens is 216 g/mol. The summed E-state index contributed by atoms with van der Waals surface area (Å²) in [5.74, 6) is -0.282. The normalized spacial score (nSPS) is 11.1. The number of benzene rings is 1. The highest BCUT2D eigenvalue weighted by atomic mass is 16.5. The highest BCUT2D eigenvalue weighted by molar-refractivity contribution is 5.78. The molecule has 0 aromatic heterocycles. The number of rotatable bonds is 3. The Morgan fingerprint density at radius 1 is 1.29 bits per heavy atom.